The second-order valence-electron chi connectivity index (χ2n) is 7.79. The highest BCUT2D eigenvalue weighted by molar-refractivity contribution is 5.78. The number of carbonyl (C=O) groups excluding carboxylic acids is 1. The van der Waals surface area contributed by atoms with Crippen LogP contribution in [-0.4, -0.2) is 5.97 Å². The number of benzene rings is 2. The summed E-state index contributed by atoms with van der Waals surface area (Å²) in [7, 11) is 0. The Hall–Kier alpha value is -2.49. The first-order chi connectivity index (χ1) is 12.7. The zero-order valence-electron chi connectivity index (χ0n) is 16.1. The summed E-state index contributed by atoms with van der Waals surface area (Å²) in [5, 5.41) is 0. The Morgan fingerprint density at radius 1 is 1.11 bits per heavy atom. The van der Waals surface area contributed by atoms with Gasteiger partial charge < -0.3 is 4.74 Å². The van der Waals surface area contributed by atoms with Crippen molar-refractivity contribution in [2.45, 2.75) is 34.3 Å². The molecule has 142 valence electrons. The maximum atomic E-state index is 12.6. The highest BCUT2D eigenvalue weighted by atomic mass is 19.3. The van der Waals surface area contributed by atoms with E-state index in [1.807, 2.05) is 64.1 Å². The van der Waals surface area contributed by atoms with Crippen molar-refractivity contribution in [3.8, 4) is 11.1 Å². The topological polar surface area (TPSA) is 26.3 Å². The highest BCUT2D eigenvalue weighted by Gasteiger charge is 2.62. The van der Waals surface area contributed by atoms with Crippen molar-refractivity contribution < 1.29 is 18.3 Å². The molecule has 1 aliphatic rings. The summed E-state index contributed by atoms with van der Waals surface area (Å²) >= 11 is 0. The SMILES string of the molecule is Cc1ccc(-c2ccccc2)c(C)c1COC(=O)[C@H]1[C@H](C=C(F)F)C1(C)C. The Kier molecular flexibility index (Phi) is 5.18. The molecule has 2 aromatic rings. The Morgan fingerprint density at radius 2 is 1.78 bits per heavy atom. The monoisotopic (exact) mass is 370 g/mol. The van der Waals surface area contributed by atoms with Crippen molar-refractivity contribution in [2.75, 3.05) is 0 Å². The van der Waals surface area contributed by atoms with Crippen LogP contribution in [0.1, 0.15) is 30.5 Å². The van der Waals surface area contributed by atoms with E-state index < -0.39 is 29.3 Å². The molecule has 0 amide bonds. The van der Waals surface area contributed by atoms with Crippen molar-refractivity contribution in [3.05, 3.63) is 71.3 Å². The third-order valence-electron chi connectivity index (χ3n) is 5.75. The van der Waals surface area contributed by atoms with E-state index in [0.717, 1.165) is 33.9 Å². The molecule has 2 nitrogen and oxygen atoms in total. The fraction of sp³-hybridized carbons (Fsp3) is 0.348. The average molecular weight is 370 g/mol. The van der Waals surface area contributed by atoms with Gasteiger partial charge >= 0.3 is 5.97 Å². The molecule has 1 fully saturated rings. The molecule has 0 spiro atoms. The number of hydrogen-bond donors (Lipinski definition) is 0. The fourth-order valence-electron chi connectivity index (χ4n) is 3.85. The van der Waals surface area contributed by atoms with Gasteiger partial charge in [0, 0.05) is 5.92 Å². The zero-order chi connectivity index (χ0) is 19.8. The highest BCUT2D eigenvalue weighted by Crippen LogP contribution is 2.60. The second kappa shape index (κ2) is 7.26. The molecule has 1 saturated carbocycles. The van der Waals surface area contributed by atoms with Crippen LogP contribution in [-0.2, 0) is 16.1 Å². The van der Waals surface area contributed by atoms with E-state index in [1.165, 1.54) is 0 Å². The minimum atomic E-state index is -1.74. The standard InChI is InChI=1S/C23H24F2O2/c1-14-10-11-17(16-8-6-5-7-9-16)15(2)18(14)13-27-22(26)21-19(12-20(24)25)23(21,3)4/h5-12,19,21H,13H2,1-4H3/t19-,21+/m0/s1. The predicted octanol–water partition coefficient (Wildman–Crippen LogP) is 6.07. The minimum Gasteiger partial charge on any atom is -0.461 e. The molecule has 0 N–H and O–H groups in total. The summed E-state index contributed by atoms with van der Waals surface area (Å²) in [6.07, 6.45) is -0.871. The largest absolute Gasteiger partial charge is 0.461 e. The maximum absolute atomic E-state index is 12.6. The van der Waals surface area contributed by atoms with E-state index >= 15 is 0 Å². The van der Waals surface area contributed by atoms with Crippen LogP contribution in [0, 0.1) is 31.1 Å². The van der Waals surface area contributed by atoms with Crippen molar-refractivity contribution in [2.24, 2.45) is 17.3 Å². The van der Waals surface area contributed by atoms with Crippen LogP contribution in [0.2, 0.25) is 0 Å². The maximum Gasteiger partial charge on any atom is 0.310 e. The summed E-state index contributed by atoms with van der Waals surface area (Å²) < 4.78 is 30.7. The second-order valence-corrected chi connectivity index (χ2v) is 7.79. The van der Waals surface area contributed by atoms with E-state index in [-0.39, 0.29) is 6.61 Å². The minimum absolute atomic E-state index is 0.151. The lowest BCUT2D eigenvalue weighted by Crippen LogP contribution is -2.12. The van der Waals surface area contributed by atoms with E-state index in [2.05, 4.69) is 6.07 Å². The van der Waals surface area contributed by atoms with Crippen LogP contribution >= 0.6 is 0 Å². The van der Waals surface area contributed by atoms with Crippen LogP contribution in [0.3, 0.4) is 0 Å². The van der Waals surface area contributed by atoms with E-state index in [9.17, 15) is 13.6 Å². The molecule has 3 rings (SSSR count). The molecule has 2 aromatic carbocycles. The van der Waals surface area contributed by atoms with Crippen molar-refractivity contribution in [3.63, 3.8) is 0 Å². The molecule has 4 heteroatoms. The number of allylic oxidation sites excluding steroid dienone is 1. The van der Waals surface area contributed by atoms with Gasteiger partial charge in [0.25, 0.3) is 6.08 Å². The molecular weight excluding hydrogens is 346 g/mol. The third-order valence-corrected chi connectivity index (χ3v) is 5.75. The number of hydrogen-bond acceptors (Lipinski definition) is 2. The molecule has 0 saturated heterocycles. The zero-order valence-corrected chi connectivity index (χ0v) is 16.1. The van der Waals surface area contributed by atoms with E-state index in [1.54, 1.807) is 0 Å². The van der Waals surface area contributed by atoms with Gasteiger partial charge in [0.15, 0.2) is 0 Å². The Morgan fingerprint density at radius 3 is 2.41 bits per heavy atom. The summed E-state index contributed by atoms with van der Waals surface area (Å²) in [5.41, 5.74) is 4.79. The Balaban J connectivity index is 1.77. The average Bonchev–Trinajstić information content (AvgIpc) is 3.14. The van der Waals surface area contributed by atoms with Gasteiger partial charge in [-0.15, -0.1) is 0 Å². The lowest BCUT2D eigenvalue weighted by atomic mass is 9.94. The fourth-order valence-corrected chi connectivity index (χ4v) is 3.85. The molecule has 0 bridgehead atoms. The van der Waals surface area contributed by atoms with Gasteiger partial charge in [-0.1, -0.05) is 56.3 Å². The van der Waals surface area contributed by atoms with Crippen molar-refractivity contribution in [1.29, 1.82) is 0 Å². The quantitative estimate of drug-likeness (QED) is 0.598. The molecule has 0 aliphatic heterocycles. The van der Waals surface area contributed by atoms with Crippen LogP contribution in [0.25, 0.3) is 11.1 Å². The van der Waals surface area contributed by atoms with Gasteiger partial charge in [0.05, 0.1) is 5.92 Å². The number of rotatable bonds is 5. The van der Waals surface area contributed by atoms with Gasteiger partial charge in [-0.05, 0) is 53.2 Å². The molecule has 0 aromatic heterocycles. The van der Waals surface area contributed by atoms with E-state index in [4.69, 9.17) is 4.74 Å². The first-order valence-electron chi connectivity index (χ1n) is 9.07. The van der Waals surface area contributed by atoms with Gasteiger partial charge in [-0.2, -0.15) is 8.78 Å². The molecule has 27 heavy (non-hydrogen) atoms. The lowest BCUT2D eigenvalue weighted by Gasteiger charge is -2.15. The smallest absolute Gasteiger partial charge is 0.310 e. The van der Waals surface area contributed by atoms with Crippen LogP contribution in [0.5, 0.6) is 0 Å². The first kappa shape index (κ1) is 19.3. The summed E-state index contributed by atoms with van der Waals surface area (Å²) in [5.74, 6) is -1.39. The van der Waals surface area contributed by atoms with E-state index in [0.29, 0.717) is 0 Å². The Bertz CT molecular complexity index is 881. The molecule has 0 heterocycles. The van der Waals surface area contributed by atoms with Gasteiger partial charge in [-0.25, -0.2) is 0 Å². The number of carbonyl (C=O) groups is 1. The lowest BCUT2D eigenvalue weighted by molar-refractivity contribution is -0.147. The summed E-state index contributed by atoms with van der Waals surface area (Å²) in [6, 6.07) is 14.1. The predicted molar refractivity (Wildman–Crippen MR) is 102 cm³/mol. The Labute approximate surface area is 158 Å². The van der Waals surface area contributed by atoms with Gasteiger partial charge in [0.1, 0.15) is 6.61 Å². The van der Waals surface area contributed by atoms with Crippen LogP contribution < -0.4 is 0 Å². The van der Waals surface area contributed by atoms with Crippen LogP contribution in [0.4, 0.5) is 8.78 Å². The molecule has 0 unspecified atom stereocenters. The summed E-state index contributed by atoms with van der Waals surface area (Å²) in [4.78, 5) is 12.5. The number of halogens is 2. The molecule has 0 radical (unpaired) electrons. The summed E-state index contributed by atoms with van der Waals surface area (Å²) in [6.45, 7) is 7.78. The first-order valence-corrected chi connectivity index (χ1v) is 9.07. The number of esters is 1. The number of ether oxygens (including phenoxy) is 1. The number of aryl methyl sites for hydroxylation is 1. The molecule has 1 aliphatic carbocycles. The van der Waals surface area contributed by atoms with Crippen LogP contribution in [0.15, 0.2) is 54.6 Å². The van der Waals surface area contributed by atoms with Crippen molar-refractivity contribution >= 4 is 5.97 Å². The molecule has 2 atom stereocenters. The normalized spacial score (nSPS) is 20.1. The van der Waals surface area contributed by atoms with Crippen molar-refractivity contribution in [1.82, 2.24) is 0 Å². The molecular formula is C23H24F2O2. The van der Waals surface area contributed by atoms with Gasteiger partial charge in [0.2, 0.25) is 0 Å². The third kappa shape index (κ3) is 3.80. The van der Waals surface area contributed by atoms with Gasteiger partial charge in [-0.3, -0.25) is 4.79 Å².